The van der Waals surface area contributed by atoms with E-state index in [0.29, 0.717) is 11.6 Å². The second kappa shape index (κ2) is 4.77. The maximum atomic E-state index is 11.0. The third kappa shape index (κ3) is 3.21. The molecule has 2 aromatic heterocycles. The zero-order chi connectivity index (χ0) is 12.3. The Morgan fingerprint density at radius 2 is 2.18 bits per heavy atom. The molecule has 0 bridgehead atoms. The van der Waals surface area contributed by atoms with Gasteiger partial charge in [0.15, 0.2) is 0 Å². The fourth-order valence-electron chi connectivity index (χ4n) is 1.14. The number of aromatic nitrogens is 1. The summed E-state index contributed by atoms with van der Waals surface area (Å²) in [5.74, 6) is 0.950. The maximum Gasteiger partial charge on any atom is 0.262 e. The molecule has 0 radical (unpaired) electrons. The van der Waals surface area contributed by atoms with Crippen LogP contribution in [0.1, 0.15) is 5.76 Å². The molecule has 0 fully saturated rings. The highest BCUT2D eigenvalue weighted by atomic mass is 35.7. The predicted octanol–water partition coefficient (Wildman–Crippen LogP) is 2.18. The normalized spacial score (nSPS) is 11.4. The number of furan rings is 1. The minimum absolute atomic E-state index is 0.0653. The summed E-state index contributed by atoms with van der Waals surface area (Å²) >= 11 is 0. The largest absolute Gasteiger partial charge is 0.469 e. The van der Waals surface area contributed by atoms with Crippen molar-refractivity contribution < 1.29 is 17.6 Å². The highest BCUT2D eigenvalue weighted by Gasteiger charge is 2.10. The molecule has 2 aromatic rings. The minimum atomic E-state index is -3.74. The smallest absolute Gasteiger partial charge is 0.262 e. The summed E-state index contributed by atoms with van der Waals surface area (Å²) < 4.78 is 32.3. The molecular formula is C10H8ClNO4S. The predicted molar refractivity (Wildman–Crippen MR) is 60.3 cm³/mol. The summed E-state index contributed by atoms with van der Waals surface area (Å²) in [6.07, 6.45) is 2.68. The van der Waals surface area contributed by atoms with Crippen LogP contribution in [0.4, 0.5) is 0 Å². The minimum Gasteiger partial charge on any atom is -0.469 e. The van der Waals surface area contributed by atoms with Crippen LogP contribution in [-0.2, 0) is 15.7 Å². The van der Waals surface area contributed by atoms with Crippen molar-refractivity contribution >= 4 is 19.7 Å². The Balaban J connectivity index is 2.04. The Bertz CT molecular complexity index is 577. The number of pyridine rings is 1. The average molecular weight is 274 g/mol. The molecule has 0 N–H and O–H groups in total. The topological polar surface area (TPSA) is 69.4 Å². The van der Waals surface area contributed by atoms with Crippen LogP contribution in [0.15, 0.2) is 46.0 Å². The first-order valence-electron chi connectivity index (χ1n) is 4.61. The van der Waals surface area contributed by atoms with Crippen LogP contribution >= 0.6 is 10.7 Å². The van der Waals surface area contributed by atoms with E-state index in [4.69, 9.17) is 19.8 Å². The summed E-state index contributed by atoms with van der Waals surface area (Å²) in [6.45, 7) is 0.229. The van der Waals surface area contributed by atoms with Gasteiger partial charge in [0.2, 0.25) is 5.88 Å². The van der Waals surface area contributed by atoms with Crippen molar-refractivity contribution in [2.45, 2.75) is 11.5 Å². The van der Waals surface area contributed by atoms with Gasteiger partial charge in [-0.25, -0.2) is 13.4 Å². The lowest BCUT2D eigenvalue weighted by atomic mass is 10.4. The molecule has 2 heterocycles. The summed E-state index contributed by atoms with van der Waals surface area (Å²) in [4.78, 5) is 3.75. The van der Waals surface area contributed by atoms with Crippen molar-refractivity contribution in [2.24, 2.45) is 0 Å². The van der Waals surface area contributed by atoms with E-state index < -0.39 is 9.05 Å². The molecule has 0 atom stereocenters. The van der Waals surface area contributed by atoms with Gasteiger partial charge in [-0.2, -0.15) is 0 Å². The van der Waals surface area contributed by atoms with Crippen LogP contribution in [-0.4, -0.2) is 13.4 Å². The number of rotatable bonds is 4. The van der Waals surface area contributed by atoms with Gasteiger partial charge in [0, 0.05) is 16.7 Å². The maximum absolute atomic E-state index is 11.0. The summed E-state index contributed by atoms with van der Waals surface area (Å²) in [7, 11) is 1.40. The molecule has 2 rings (SSSR count). The van der Waals surface area contributed by atoms with E-state index in [1.165, 1.54) is 18.4 Å². The van der Waals surface area contributed by atoms with E-state index in [2.05, 4.69) is 4.98 Å². The lowest BCUT2D eigenvalue weighted by Crippen LogP contribution is -1.97. The molecule has 0 aromatic carbocycles. The summed E-state index contributed by atoms with van der Waals surface area (Å²) in [6, 6.07) is 6.26. The molecule has 0 aliphatic heterocycles. The van der Waals surface area contributed by atoms with E-state index in [9.17, 15) is 8.42 Å². The number of halogens is 1. The first-order chi connectivity index (χ1) is 8.05. The standard InChI is InChI=1S/C10H8ClNO4S/c11-17(13,14)9-3-4-10(12-6-9)16-7-8-2-1-5-15-8/h1-6H,7H2. The van der Waals surface area contributed by atoms with Crippen LogP contribution in [0.2, 0.25) is 0 Å². The molecule has 0 saturated carbocycles. The van der Waals surface area contributed by atoms with Crippen LogP contribution in [0.3, 0.4) is 0 Å². The molecule has 0 amide bonds. The Morgan fingerprint density at radius 1 is 1.35 bits per heavy atom. The molecule has 0 aliphatic carbocycles. The van der Waals surface area contributed by atoms with Gasteiger partial charge in [0.1, 0.15) is 17.3 Å². The van der Waals surface area contributed by atoms with Crippen molar-refractivity contribution in [3.05, 3.63) is 42.5 Å². The molecule has 0 spiro atoms. The first-order valence-corrected chi connectivity index (χ1v) is 6.92. The van der Waals surface area contributed by atoms with Gasteiger partial charge in [-0.05, 0) is 18.2 Å². The number of hydrogen-bond donors (Lipinski definition) is 0. The Morgan fingerprint density at radius 3 is 2.71 bits per heavy atom. The molecular weight excluding hydrogens is 266 g/mol. The SMILES string of the molecule is O=S(=O)(Cl)c1ccc(OCc2ccco2)nc1. The van der Waals surface area contributed by atoms with Gasteiger partial charge in [-0.3, -0.25) is 0 Å². The lowest BCUT2D eigenvalue weighted by Gasteiger charge is -2.03. The molecule has 0 unspecified atom stereocenters. The lowest BCUT2D eigenvalue weighted by molar-refractivity contribution is 0.260. The monoisotopic (exact) mass is 273 g/mol. The number of nitrogens with zero attached hydrogens (tertiary/aromatic N) is 1. The molecule has 90 valence electrons. The van der Waals surface area contributed by atoms with Gasteiger partial charge >= 0.3 is 0 Å². The van der Waals surface area contributed by atoms with Crippen molar-refractivity contribution in [2.75, 3.05) is 0 Å². The zero-order valence-corrected chi connectivity index (χ0v) is 10.1. The van der Waals surface area contributed by atoms with E-state index in [1.54, 1.807) is 12.1 Å². The fraction of sp³-hybridized carbons (Fsp3) is 0.100. The zero-order valence-electron chi connectivity index (χ0n) is 8.54. The highest BCUT2D eigenvalue weighted by Crippen LogP contribution is 2.16. The third-order valence-electron chi connectivity index (χ3n) is 1.93. The fourth-order valence-corrected chi connectivity index (χ4v) is 1.82. The highest BCUT2D eigenvalue weighted by molar-refractivity contribution is 8.13. The van der Waals surface area contributed by atoms with Crippen molar-refractivity contribution in [1.29, 1.82) is 0 Å². The molecule has 17 heavy (non-hydrogen) atoms. The van der Waals surface area contributed by atoms with E-state index in [1.807, 2.05) is 0 Å². The van der Waals surface area contributed by atoms with Crippen molar-refractivity contribution in [3.8, 4) is 5.88 Å². The van der Waals surface area contributed by atoms with Crippen LogP contribution in [0, 0.1) is 0 Å². The Labute approximate surface area is 102 Å². The third-order valence-corrected chi connectivity index (χ3v) is 3.27. The summed E-state index contributed by atoms with van der Waals surface area (Å²) in [5, 5.41) is 0. The first kappa shape index (κ1) is 11.9. The molecule has 7 heteroatoms. The second-order valence-corrected chi connectivity index (χ2v) is 5.70. The van der Waals surface area contributed by atoms with Gasteiger partial charge in [-0.1, -0.05) is 0 Å². The Hall–Kier alpha value is -1.53. The van der Waals surface area contributed by atoms with E-state index in [0.717, 1.165) is 6.20 Å². The van der Waals surface area contributed by atoms with Crippen LogP contribution in [0.5, 0.6) is 5.88 Å². The number of hydrogen-bond acceptors (Lipinski definition) is 5. The summed E-state index contributed by atoms with van der Waals surface area (Å²) in [5.41, 5.74) is 0. The van der Waals surface area contributed by atoms with Crippen LogP contribution in [0.25, 0.3) is 0 Å². The second-order valence-electron chi connectivity index (χ2n) is 3.14. The Kier molecular flexibility index (Phi) is 3.35. The van der Waals surface area contributed by atoms with Crippen molar-refractivity contribution in [3.63, 3.8) is 0 Å². The van der Waals surface area contributed by atoms with Crippen molar-refractivity contribution in [1.82, 2.24) is 4.98 Å². The van der Waals surface area contributed by atoms with Gasteiger partial charge in [0.25, 0.3) is 9.05 Å². The van der Waals surface area contributed by atoms with E-state index >= 15 is 0 Å². The average Bonchev–Trinajstić information content (AvgIpc) is 2.78. The molecule has 0 saturated heterocycles. The molecule has 5 nitrogen and oxygen atoms in total. The number of ether oxygens (including phenoxy) is 1. The quantitative estimate of drug-likeness (QED) is 0.799. The van der Waals surface area contributed by atoms with Gasteiger partial charge in [-0.15, -0.1) is 0 Å². The van der Waals surface area contributed by atoms with E-state index in [-0.39, 0.29) is 11.5 Å². The molecule has 0 aliphatic rings. The van der Waals surface area contributed by atoms with Gasteiger partial charge < -0.3 is 9.15 Å². The van der Waals surface area contributed by atoms with Crippen LogP contribution < -0.4 is 4.74 Å². The van der Waals surface area contributed by atoms with Gasteiger partial charge in [0.05, 0.1) is 12.5 Å².